The van der Waals surface area contributed by atoms with E-state index in [1.807, 2.05) is 0 Å². The number of halogens is 9. The van der Waals surface area contributed by atoms with Crippen LogP contribution in [0.15, 0.2) is 105 Å². The van der Waals surface area contributed by atoms with Gasteiger partial charge in [0.25, 0.3) is 0 Å². The highest BCUT2D eigenvalue weighted by Crippen LogP contribution is 2.71. The van der Waals surface area contributed by atoms with Crippen molar-refractivity contribution in [3.05, 3.63) is 84.9 Å². The molecule has 0 N–H and O–H groups in total. The number of ether oxygens (including phenoxy) is 2. The zero-order valence-electron chi connectivity index (χ0n) is 24.9. The molecule has 1 saturated heterocycles. The molecule has 1 atom stereocenters. The molecule has 3 aromatic carbocycles. The number of benzene rings is 3. The van der Waals surface area contributed by atoms with Gasteiger partial charge in [-0.05, 0) is 71.7 Å². The van der Waals surface area contributed by atoms with Crippen molar-refractivity contribution >= 4 is 30.3 Å². The molecule has 1 unspecified atom stereocenters. The summed E-state index contributed by atoms with van der Waals surface area (Å²) in [5, 5.41) is -8.13. The molecule has 0 radical (unpaired) electrons. The van der Waals surface area contributed by atoms with Crippen LogP contribution >= 0.6 is 10.3 Å². The van der Waals surface area contributed by atoms with Gasteiger partial charge in [0.1, 0.15) is 0 Å². The molecule has 1 aliphatic heterocycles. The van der Waals surface area contributed by atoms with Gasteiger partial charge >= 0.3 is 33.4 Å². The zero-order valence-corrected chi connectivity index (χ0v) is 27.3. The predicted octanol–water partition coefficient (Wildman–Crippen LogP) is 8.11. The largest absolute Gasteiger partial charge is 0.460 e. The molecule has 1 aliphatic carbocycles. The summed E-state index contributed by atoms with van der Waals surface area (Å²) in [5.74, 6) is -16.1. The lowest BCUT2D eigenvalue weighted by Gasteiger charge is -2.41. The van der Waals surface area contributed by atoms with Crippen LogP contribution in [-0.4, -0.2) is 64.4 Å². The fourth-order valence-corrected chi connectivity index (χ4v) is 12.7. The number of sulfone groups is 1. The van der Waals surface area contributed by atoms with Gasteiger partial charge in [-0.15, -0.1) is 0 Å². The Morgan fingerprint density at radius 1 is 0.633 bits per heavy atom. The Hall–Kier alpha value is -2.84. The molecular weight excluding hydrogens is 740 g/mol. The quantitative estimate of drug-likeness (QED) is 0.193. The summed E-state index contributed by atoms with van der Waals surface area (Å²) in [6.45, 7) is 0.542. The molecule has 5 rings (SSSR count). The average molecular weight is 767 g/mol. The number of hydrogen-bond donors (Lipinski definition) is 0. The van der Waals surface area contributed by atoms with E-state index in [0.29, 0.717) is 12.8 Å². The van der Waals surface area contributed by atoms with E-state index >= 15 is 8.78 Å². The van der Waals surface area contributed by atoms with Crippen molar-refractivity contribution in [1.82, 2.24) is 0 Å². The Bertz CT molecular complexity index is 1810. The molecule has 0 amide bonds. The summed E-state index contributed by atoms with van der Waals surface area (Å²) in [7, 11) is -15.8. The lowest BCUT2D eigenvalue weighted by Crippen LogP contribution is -2.63. The maximum atomic E-state index is 15.1. The van der Waals surface area contributed by atoms with Crippen molar-refractivity contribution in [2.24, 2.45) is 0 Å². The molecule has 19 heteroatoms. The Morgan fingerprint density at radius 3 is 1.55 bits per heavy atom. The summed E-state index contributed by atoms with van der Waals surface area (Å²) >= 11 is 0. The maximum Gasteiger partial charge on any atom is 0.460 e. The molecular formula is C30H27F9O7S3. The molecule has 1 spiro atoms. The Balaban J connectivity index is 1.65. The lowest BCUT2D eigenvalue weighted by molar-refractivity contribution is -0.382. The van der Waals surface area contributed by atoms with Gasteiger partial charge in [0, 0.05) is 27.5 Å². The fourth-order valence-electron chi connectivity index (χ4n) is 5.63. The first-order chi connectivity index (χ1) is 22.6. The van der Waals surface area contributed by atoms with Gasteiger partial charge in [-0.1, -0.05) is 36.4 Å². The molecule has 0 aromatic heterocycles. The van der Waals surface area contributed by atoms with Crippen LogP contribution in [0.3, 0.4) is 0 Å². The van der Waals surface area contributed by atoms with Crippen LogP contribution < -0.4 is 0 Å². The van der Waals surface area contributed by atoms with E-state index in [-0.39, 0.29) is 40.7 Å². The molecule has 1 heterocycles. The second kappa shape index (κ2) is 12.7. The van der Waals surface area contributed by atoms with Crippen LogP contribution in [0.2, 0.25) is 0 Å². The predicted molar refractivity (Wildman–Crippen MR) is 157 cm³/mol. The van der Waals surface area contributed by atoms with Crippen molar-refractivity contribution in [3.8, 4) is 0 Å². The Kier molecular flexibility index (Phi) is 9.72. The average Bonchev–Trinajstić information content (AvgIpc) is 3.50. The molecule has 1 saturated carbocycles. The van der Waals surface area contributed by atoms with Gasteiger partial charge in [0.05, 0.1) is 23.4 Å². The van der Waals surface area contributed by atoms with Gasteiger partial charge in [-0.2, -0.15) is 47.9 Å². The van der Waals surface area contributed by atoms with Gasteiger partial charge < -0.3 is 9.47 Å². The van der Waals surface area contributed by atoms with Crippen molar-refractivity contribution in [2.75, 3.05) is 13.2 Å². The SMILES string of the molecule is O=S(=O)(c1ccc(S(OS(=O)(=O)C(F)(F)C(F)(F)C(F)(F)C(F)(F)F)(c2ccccc2)c2ccccc2)cc1)C1CCCC2(C1)OCCO2. The smallest absolute Gasteiger partial charge is 0.347 e. The van der Waals surface area contributed by atoms with E-state index in [1.165, 1.54) is 36.4 Å². The highest BCUT2D eigenvalue weighted by atomic mass is 32.3. The Morgan fingerprint density at radius 2 is 1.08 bits per heavy atom. The molecule has 7 nitrogen and oxygen atoms in total. The monoisotopic (exact) mass is 766 g/mol. The summed E-state index contributed by atoms with van der Waals surface area (Å²) < 4.78 is 195. The minimum Gasteiger partial charge on any atom is -0.347 e. The summed E-state index contributed by atoms with van der Waals surface area (Å²) in [4.78, 5) is -1.31. The minimum absolute atomic E-state index is 0.00644. The van der Waals surface area contributed by atoms with E-state index in [4.69, 9.17) is 13.1 Å². The van der Waals surface area contributed by atoms with E-state index < -0.39 is 69.5 Å². The van der Waals surface area contributed by atoms with Crippen LogP contribution in [0.25, 0.3) is 0 Å². The van der Waals surface area contributed by atoms with E-state index in [2.05, 4.69) is 0 Å². The highest BCUT2D eigenvalue weighted by molar-refractivity contribution is 8.33. The topological polar surface area (TPSA) is 96.0 Å². The minimum atomic E-state index is -7.54. The van der Waals surface area contributed by atoms with Crippen molar-refractivity contribution in [2.45, 2.75) is 79.6 Å². The van der Waals surface area contributed by atoms with Gasteiger partial charge in [-0.25, -0.2) is 12.0 Å². The van der Waals surface area contributed by atoms with Crippen LogP contribution in [0, 0.1) is 0 Å². The van der Waals surface area contributed by atoms with Gasteiger partial charge in [0.2, 0.25) is 0 Å². The molecule has 2 aliphatic rings. The van der Waals surface area contributed by atoms with Crippen LogP contribution in [0.4, 0.5) is 39.5 Å². The third-order valence-corrected chi connectivity index (χ3v) is 15.6. The van der Waals surface area contributed by atoms with Crippen molar-refractivity contribution < 1.29 is 69.5 Å². The first kappa shape index (κ1) is 37.4. The molecule has 3 aromatic rings. The van der Waals surface area contributed by atoms with Crippen LogP contribution in [-0.2, 0) is 33.1 Å². The standard InChI is InChI=1S/C30H27F9O7S3/c31-27(32,29(35,36)37)28(33,34)30(38,39)49(42,43)46-47(21-8-3-1-4-9-21,22-10-5-2-6-11-22)23-13-15-24(16-14-23)48(40,41)25-12-7-17-26(20-25)44-18-19-45-26/h1-6,8-11,13-16,25H,7,12,17-20H2. The Labute approximate surface area is 276 Å². The van der Waals surface area contributed by atoms with Crippen molar-refractivity contribution in [1.29, 1.82) is 0 Å². The number of hydrogen-bond acceptors (Lipinski definition) is 7. The second-order valence-corrected chi connectivity index (χ2v) is 17.9. The van der Waals surface area contributed by atoms with Gasteiger partial charge in [-0.3, -0.25) is 0 Å². The lowest BCUT2D eigenvalue weighted by atomic mass is 9.94. The zero-order chi connectivity index (χ0) is 36.2. The molecule has 270 valence electrons. The maximum absolute atomic E-state index is 15.1. The summed E-state index contributed by atoms with van der Waals surface area (Å²) in [5.41, 5.74) is 0. The summed E-state index contributed by atoms with van der Waals surface area (Å²) in [6.07, 6.45) is -6.16. The van der Waals surface area contributed by atoms with E-state index in [9.17, 15) is 47.6 Å². The molecule has 49 heavy (non-hydrogen) atoms. The summed E-state index contributed by atoms with van der Waals surface area (Å²) in [6, 6.07) is 16.3. The molecule has 0 bridgehead atoms. The van der Waals surface area contributed by atoms with E-state index in [1.54, 1.807) is 0 Å². The second-order valence-electron chi connectivity index (χ2n) is 11.2. The number of rotatable bonds is 10. The fraction of sp³-hybridized carbons (Fsp3) is 0.400. The van der Waals surface area contributed by atoms with Crippen LogP contribution in [0.5, 0.6) is 0 Å². The van der Waals surface area contributed by atoms with Crippen molar-refractivity contribution in [3.63, 3.8) is 0 Å². The molecule has 2 fully saturated rings. The normalized spacial score (nSPS) is 20.0. The van der Waals surface area contributed by atoms with Crippen LogP contribution in [0.1, 0.15) is 25.7 Å². The van der Waals surface area contributed by atoms with Gasteiger partial charge in [0.15, 0.2) is 15.6 Å². The third-order valence-electron chi connectivity index (χ3n) is 8.13. The highest BCUT2D eigenvalue weighted by Gasteiger charge is 2.86. The first-order valence-corrected chi connectivity index (χ1v) is 18.9. The van der Waals surface area contributed by atoms with E-state index in [0.717, 1.165) is 48.5 Å². The third kappa shape index (κ3) is 6.23. The number of alkyl halides is 9. The first-order valence-electron chi connectivity index (χ1n) is 14.4.